The minimum Gasteiger partial charge on any atom is -0.343 e. The molecule has 5 heteroatoms. The monoisotopic (exact) mass is 308 g/mol. The lowest BCUT2D eigenvalue weighted by atomic mass is 9.94. The van der Waals surface area contributed by atoms with Crippen molar-refractivity contribution in [1.82, 2.24) is 10.2 Å². The molecule has 2 rings (SSSR count). The van der Waals surface area contributed by atoms with E-state index in [0.29, 0.717) is 12.8 Å². The van der Waals surface area contributed by atoms with Crippen LogP contribution in [-0.2, 0) is 9.59 Å². The van der Waals surface area contributed by atoms with E-state index in [2.05, 4.69) is 25.2 Å². The summed E-state index contributed by atoms with van der Waals surface area (Å²) in [5.74, 6) is 0.298. The summed E-state index contributed by atoms with van der Waals surface area (Å²) < 4.78 is 0. The van der Waals surface area contributed by atoms with Crippen molar-refractivity contribution in [2.24, 2.45) is 5.92 Å². The number of amides is 2. The highest BCUT2D eigenvalue weighted by atomic mass is 32.1. The van der Waals surface area contributed by atoms with Crippen molar-refractivity contribution in [3.63, 3.8) is 0 Å². The van der Waals surface area contributed by atoms with Crippen LogP contribution in [-0.4, -0.2) is 28.8 Å². The Bertz CT molecular complexity index is 498. The molecule has 0 spiro atoms. The van der Waals surface area contributed by atoms with Gasteiger partial charge in [0.25, 0.3) is 0 Å². The Labute approximate surface area is 130 Å². The van der Waals surface area contributed by atoms with E-state index in [-0.39, 0.29) is 35.9 Å². The molecule has 0 radical (unpaired) electrons. The zero-order chi connectivity index (χ0) is 15.6. The average molecular weight is 308 g/mol. The zero-order valence-corrected chi connectivity index (χ0v) is 13.9. The van der Waals surface area contributed by atoms with Gasteiger partial charge in [0.05, 0.1) is 6.04 Å². The molecule has 1 aromatic rings. The Morgan fingerprint density at radius 2 is 2.00 bits per heavy atom. The Balaban J connectivity index is 2.43. The first-order valence-electron chi connectivity index (χ1n) is 7.67. The number of nitrogens with zero attached hydrogens (tertiary/aromatic N) is 1. The quantitative estimate of drug-likeness (QED) is 0.909. The lowest BCUT2D eigenvalue weighted by Gasteiger charge is -2.44. The predicted molar refractivity (Wildman–Crippen MR) is 85.0 cm³/mol. The fourth-order valence-corrected chi connectivity index (χ4v) is 4.02. The van der Waals surface area contributed by atoms with Crippen molar-refractivity contribution in [3.05, 3.63) is 22.4 Å². The number of piperazine rings is 1. The van der Waals surface area contributed by atoms with E-state index >= 15 is 0 Å². The molecular weight excluding hydrogens is 284 g/mol. The normalized spacial score (nSPS) is 24.3. The fourth-order valence-electron chi connectivity index (χ4n) is 3.03. The van der Waals surface area contributed by atoms with Gasteiger partial charge in [0.15, 0.2) is 0 Å². The molecule has 116 valence electrons. The Kier molecular flexibility index (Phi) is 5.04. The smallest absolute Gasteiger partial charge is 0.246 e. The van der Waals surface area contributed by atoms with Crippen molar-refractivity contribution in [2.45, 2.75) is 58.7 Å². The van der Waals surface area contributed by atoms with Crippen LogP contribution in [0.3, 0.4) is 0 Å². The fraction of sp³-hybridized carbons (Fsp3) is 0.625. The highest BCUT2D eigenvalue weighted by Gasteiger charge is 2.43. The van der Waals surface area contributed by atoms with Crippen LogP contribution in [0, 0.1) is 5.92 Å². The maximum atomic E-state index is 12.8. The molecule has 1 saturated heterocycles. The van der Waals surface area contributed by atoms with Crippen LogP contribution in [0.4, 0.5) is 0 Å². The molecule has 0 bridgehead atoms. The van der Waals surface area contributed by atoms with Crippen LogP contribution >= 0.6 is 11.3 Å². The van der Waals surface area contributed by atoms with Crippen molar-refractivity contribution >= 4 is 23.2 Å². The maximum absolute atomic E-state index is 12.8. The predicted octanol–water partition coefficient (Wildman–Crippen LogP) is 2.96. The van der Waals surface area contributed by atoms with Crippen LogP contribution in [0.2, 0.25) is 0 Å². The van der Waals surface area contributed by atoms with Crippen LogP contribution < -0.4 is 5.32 Å². The summed E-state index contributed by atoms with van der Waals surface area (Å²) in [7, 11) is 0. The second-order valence-corrected chi connectivity index (χ2v) is 6.82. The minimum atomic E-state index is -0.387. The zero-order valence-electron chi connectivity index (χ0n) is 13.1. The molecule has 1 aliphatic heterocycles. The lowest BCUT2D eigenvalue weighted by molar-refractivity contribution is -0.153. The van der Waals surface area contributed by atoms with Gasteiger partial charge in [-0.2, -0.15) is 0 Å². The molecule has 3 unspecified atom stereocenters. The second kappa shape index (κ2) is 6.60. The first-order chi connectivity index (χ1) is 10.0. The molecule has 4 nitrogen and oxygen atoms in total. The molecule has 3 atom stereocenters. The third kappa shape index (κ3) is 2.98. The summed E-state index contributed by atoms with van der Waals surface area (Å²) in [5, 5.41) is 4.88. The second-order valence-electron chi connectivity index (χ2n) is 5.84. The highest BCUT2D eigenvalue weighted by molar-refractivity contribution is 7.10. The van der Waals surface area contributed by atoms with Crippen LogP contribution in [0.25, 0.3) is 0 Å². The van der Waals surface area contributed by atoms with Gasteiger partial charge in [-0.25, -0.2) is 0 Å². The van der Waals surface area contributed by atoms with Gasteiger partial charge in [0.1, 0.15) is 12.1 Å². The molecule has 0 aliphatic carbocycles. The molecular formula is C16H24N2O2S. The SMILES string of the molecule is CCC1NC(=O)C(CC)N(C(c2cccs2)C(C)C)C1=O. The summed E-state index contributed by atoms with van der Waals surface area (Å²) in [5.41, 5.74) is 0. The minimum absolute atomic E-state index is 0.0221. The van der Waals surface area contributed by atoms with E-state index in [1.807, 2.05) is 30.2 Å². The number of thiophene rings is 1. The van der Waals surface area contributed by atoms with Gasteiger partial charge in [-0.15, -0.1) is 11.3 Å². The number of carbonyl (C=O) groups excluding carboxylic acids is 2. The molecule has 1 aliphatic rings. The van der Waals surface area contributed by atoms with E-state index in [9.17, 15) is 9.59 Å². The van der Waals surface area contributed by atoms with Crippen LogP contribution in [0.15, 0.2) is 17.5 Å². The Hall–Kier alpha value is -1.36. The van der Waals surface area contributed by atoms with Crippen molar-refractivity contribution in [2.75, 3.05) is 0 Å². The molecule has 1 fully saturated rings. The number of hydrogen-bond donors (Lipinski definition) is 1. The van der Waals surface area contributed by atoms with E-state index in [1.54, 1.807) is 11.3 Å². The van der Waals surface area contributed by atoms with Crippen LogP contribution in [0.1, 0.15) is 51.5 Å². The third-order valence-electron chi connectivity index (χ3n) is 4.07. The molecule has 21 heavy (non-hydrogen) atoms. The van der Waals surface area contributed by atoms with Crippen molar-refractivity contribution < 1.29 is 9.59 Å². The number of rotatable bonds is 5. The largest absolute Gasteiger partial charge is 0.343 e. The molecule has 1 aromatic heterocycles. The first-order valence-corrected chi connectivity index (χ1v) is 8.55. The molecule has 2 heterocycles. The van der Waals surface area contributed by atoms with E-state index in [4.69, 9.17) is 0 Å². The summed E-state index contributed by atoms with van der Waals surface area (Å²) in [6.45, 7) is 8.11. The number of hydrogen-bond acceptors (Lipinski definition) is 3. The standard InChI is InChI=1S/C16H24N2O2S/c1-5-11-16(20)18(12(6-2)15(19)17-11)14(10(3)4)13-8-7-9-21-13/h7-12,14H,5-6H2,1-4H3,(H,17,19). The van der Waals surface area contributed by atoms with E-state index in [1.165, 1.54) is 0 Å². The first kappa shape index (κ1) is 16.0. The summed E-state index contributed by atoms with van der Waals surface area (Å²) in [6, 6.07) is 3.28. The van der Waals surface area contributed by atoms with Crippen molar-refractivity contribution in [3.8, 4) is 0 Å². The lowest BCUT2D eigenvalue weighted by Crippen LogP contribution is -2.64. The van der Waals surface area contributed by atoms with Gasteiger partial charge >= 0.3 is 0 Å². The van der Waals surface area contributed by atoms with Gasteiger partial charge in [-0.05, 0) is 30.2 Å². The summed E-state index contributed by atoms with van der Waals surface area (Å²) in [6.07, 6.45) is 1.27. The van der Waals surface area contributed by atoms with Gasteiger partial charge in [0.2, 0.25) is 11.8 Å². The Morgan fingerprint density at radius 1 is 1.29 bits per heavy atom. The Morgan fingerprint density at radius 3 is 2.48 bits per heavy atom. The summed E-state index contributed by atoms with van der Waals surface area (Å²) in [4.78, 5) is 28.2. The average Bonchev–Trinajstić information content (AvgIpc) is 2.96. The molecule has 2 amide bonds. The third-order valence-corrected chi connectivity index (χ3v) is 5.01. The van der Waals surface area contributed by atoms with Gasteiger partial charge < -0.3 is 10.2 Å². The molecule has 1 N–H and O–H groups in total. The maximum Gasteiger partial charge on any atom is 0.246 e. The number of nitrogens with one attached hydrogen (secondary N) is 1. The molecule has 0 saturated carbocycles. The topological polar surface area (TPSA) is 49.4 Å². The van der Waals surface area contributed by atoms with E-state index in [0.717, 1.165) is 4.88 Å². The van der Waals surface area contributed by atoms with Gasteiger partial charge in [0, 0.05) is 4.88 Å². The van der Waals surface area contributed by atoms with E-state index < -0.39 is 0 Å². The van der Waals surface area contributed by atoms with Gasteiger partial charge in [-0.1, -0.05) is 33.8 Å². The molecule has 0 aromatic carbocycles. The van der Waals surface area contributed by atoms with Crippen LogP contribution in [0.5, 0.6) is 0 Å². The summed E-state index contributed by atoms with van der Waals surface area (Å²) >= 11 is 1.65. The van der Waals surface area contributed by atoms with Crippen molar-refractivity contribution in [1.29, 1.82) is 0 Å². The van der Waals surface area contributed by atoms with Gasteiger partial charge in [-0.3, -0.25) is 9.59 Å². The highest BCUT2D eigenvalue weighted by Crippen LogP contribution is 2.35. The number of carbonyl (C=O) groups is 2.